The van der Waals surface area contributed by atoms with Crippen LogP contribution in [0.3, 0.4) is 0 Å². The average Bonchev–Trinajstić information content (AvgIpc) is 2.14. The highest BCUT2D eigenvalue weighted by Gasteiger charge is 2.35. The Hall–Kier alpha value is -0.780. The van der Waals surface area contributed by atoms with Gasteiger partial charge in [-0.15, -0.1) is 0 Å². The molecule has 0 spiro atoms. The Morgan fingerprint density at radius 3 is 2.12 bits per heavy atom. The lowest BCUT2D eigenvalue weighted by atomic mass is 10.0. The minimum absolute atomic E-state index is 0.0798. The van der Waals surface area contributed by atoms with Gasteiger partial charge in [0.1, 0.15) is 6.54 Å². The molecule has 6 heteroatoms. The topological polar surface area (TPSA) is 46.3 Å². The van der Waals surface area contributed by atoms with Gasteiger partial charge in [-0.25, -0.2) is 0 Å². The quantitative estimate of drug-likeness (QED) is 0.796. The minimum Gasteiger partial charge on any atom is -0.331 e. The number of nitrogens with two attached hydrogens (primary N) is 1. The average molecular weight is 240 g/mol. The number of amides is 1. The first kappa shape index (κ1) is 15.2. The Bertz CT molecular complexity index is 225. The summed E-state index contributed by atoms with van der Waals surface area (Å²) < 4.78 is 36.8. The van der Waals surface area contributed by atoms with Crippen LogP contribution in [0.1, 0.15) is 27.2 Å². The molecule has 0 bridgehead atoms. The van der Waals surface area contributed by atoms with Crippen molar-refractivity contribution in [2.75, 3.05) is 13.1 Å². The maximum absolute atomic E-state index is 12.3. The van der Waals surface area contributed by atoms with Crippen LogP contribution in [0.5, 0.6) is 0 Å². The molecule has 1 atom stereocenters. The third kappa shape index (κ3) is 4.83. The van der Waals surface area contributed by atoms with Crippen molar-refractivity contribution in [2.24, 2.45) is 11.7 Å². The molecule has 1 unspecified atom stereocenters. The molecular formula is C10H19F3N2O. The Morgan fingerprint density at radius 1 is 1.38 bits per heavy atom. The summed E-state index contributed by atoms with van der Waals surface area (Å²) in [5.41, 5.74) is 5.36. The number of hydrogen-bond donors (Lipinski definition) is 1. The standard InChI is InChI=1S/C10H19F3N2O/c1-4-8(5-14)9(16)15(7(2)3)6-10(11,12)13/h7-8H,4-6,14H2,1-3H3. The van der Waals surface area contributed by atoms with E-state index in [2.05, 4.69) is 0 Å². The van der Waals surface area contributed by atoms with E-state index in [1.165, 1.54) is 0 Å². The normalized spacial score (nSPS) is 14.0. The first-order chi connectivity index (χ1) is 7.22. The summed E-state index contributed by atoms with van der Waals surface area (Å²) in [6, 6.07) is -0.477. The van der Waals surface area contributed by atoms with Crippen LogP contribution in [-0.4, -0.2) is 36.1 Å². The summed E-state index contributed by atoms with van der Waals surface area (Å²) in [6.07, 6.45) is -3.91. The van der Waals surface area contributed by atoms with E-state index in [-0.39, 0.29) is 6.54 Å². The fourth-order valence-electron chi connectivity index (χ4n) is 1.38. The number of nitrogens with zero attached hydrogens (tertiary/aromatic N) is 1. The number of halogens is 3. The van der Waals surface area contributed by atoms with Gasteiger partial charge in [-0.3, -0.25) is 4.79 Å². The van der Waals surface area contributed by atoms with E-state index >= 15 is 0 Å². The molecule has 2 N–H and O–H groups in total. The predicted molar refractivity (Wildman–Crippen MR) is 55.7 cm³/mol. The molecule has 0 aliphatic carbocycles. The van der Waals surface area contributed by atoms with Crippen LogP contribution in [0.2, 0.25) is 0 Å². The van der Waals surface area contributed by atoms with Crippen molar-refractivity contribution >= 4 is 5.91 Å². The van der Waals surface area contributed by atoms with Crippen molar-refractivity contribution in [3.63, 3.8) is 0 Å². The van der Waals surface area contributed by atoms with Gasteiger partial charge in [0.15, 0.2) is 0 Å². The lowest BCUT2D eigenvalue weighted by Gasteiger charge is -2.30. The molecule has 0 saturated heterocycles. The highest BCUT2D eigenvalue weighted by atomic mass is 19.4. The van der Waals surface area contributed by atoms with E-state index in [1.54, 1.807) is 20.8 Å². The highest BCUT2D eigenvalue weighted by Crippen LogP contribution is 2.20. The van der Waals surface area contributed by atoms with Gasteiger partial charge < -0.3 is 10.6 Å². The van der Waals surface area contributed by atoms with Crippen LogP contribution in [0.25, 0.3) is 0 Å². The molecule has 1 amide bonds. The monoisotopic (exact) mass is 240 g/mol. The van der Waals surface area contributed by atoms with Gasteiger partial charge in [0, 0.05) is 12.6 Å². The van der Waals surface area contributed by atoms with Gasteiger partial charge in [0.25, 0.3) is 0 Å². The molecule has 0 aromatic carbocycles. The molecule has 0 aliphatic heterocycles. The molecule has 0 heterocycles. The van der Waals surface area contributed by atoms with E-state index < -0.39 is 30.6 Å². The lowest BCUT2D eigenvalue weighted by molar-refractivity contribution is -0.167. The largest absolute Gasteiger partial charge is 0.406 e. The molecule has 96 valence electrons. The summed E-state index contributed by atoms with van der Waals surface area (Å²) in [5, 5.41) is 0. The second-order valence-corrected chi connectivity index (χ2v) is 4.02. The van der Waals surface area contributed by atoms with E-state index in [9.17, 15) is 18.0 Å². The second-order valence-electron chi connectivity index (χ2n) is 4.02. The summed E-state index contributed by atoms with van der Waals surface area (Å²) in [4.78, 5) is 12.6. The zero-order chi connectivity index (χ0) is 12.9. The van der Waals surface area contributed by atoms with Crippen LogP contribution < -0.4 is 5.73 Å². The van der Waals surface area contributed by atoms with Crippen molar-refractivity contribution in [2.45, 2.75) is 39.4 Å². The molecule has 0 saturated carbocycles. The predicted octanol–water partition coefficient (Wildman–Crippen LogP) is 1.77. The van der Waals surface area contributed by atoms with Gasteiger partial charge in [-0.05, 0) is 20.3 Å². The van der Waals surface area contributed by atoms with Crippen LogP contribution >= 0.6 is 0 Å². The molecular weight excluding hydrogens is 221 g/mol. The number of hydrogen-bond acceptors (Lipinski definition) is 2. The van der Waals surface area contributed by atoms with Crippen molar-refractivity contribution in [3.8, 4) is 0 Å². The number of alkyl halides is 3. The Kier molecular flexibility index (Phi) is 5.78. The fourth-order valence-corrected chi connectivity index (χ4v) is 1.38. The molecule has 0 rings (SSSR count). The number of carbonyl (C=O) groups excluding carboxylic acids is 1. The zero-order valence-corrected chi connectivity index (χ0v) is 9.84. The highest BCUT2D eigenvalue weighted by molar-refractivity contribution is 5.79. The third-order valence-corrected chi connectivity index (χ3v) is 2.38. The van der Waals surface area contributed by atoms with E-state index in [0.29, 0.717) is 6.42 Å². The lowest BCUT2D eigenvalue weighted by Crippen LogP contribution is -2.47. The smallest absolute Gasteiger partial charge is 0.331 e. The first-order valence-electron chi connectivity index (χ1n) is 5.30. The van der Waals surface area contributed by atoms with E-state index in [0.717, 1.165) is 4.90 Å². The minimum atomic E-state index is -4.37. The molecule has 0 fully saturated rings. The summed E-state index contributed by atoms with van der Waals surface area (Å²) in [7, 11) is 0. The molecule has 3 nitrogen and oxygen atoms in total. The van der Waals surface area contributed by atoms with E-state index in [4.69, 9.17) is 5.73 Å². The summed E-state index contributed by atoms with van der Waals surface area (Å²) >= 11 is 0. The molecule has 0 aromatic heterocycles. The Balaban J connectivity index is 4.72. The van der Waals surface area contributed by atoms with Crippen molar-refractivity contribution in [1.29, 1.82) is 0 Å². The fraction of sp³-hybridized carbons (Fsp3) is 0.900. The molecule has 0 aliphatic rings. The molecule has 0 aromatic rings. The van der Waals surface area contributed by atoms with Crippen molar-refractivity contribution in [1.82, 2.24) is 4.90 Å². The molecule has 16 heavy (non-hydrogen) atoms. The van der Waals surface area contributed by atoms with Crippen molar-refractivity contribution < 1.29 is 18.0 Å². The maximum Gasteiger partial charge on any atom is 0.406 e. The van der Waals surface area contributed by atoms with Gasteiger partial charge in [-0.1, -0.05) is 6.92 Å². The van der Waals surface area contributed by atoms with Crippen LogP contribution in [0, 0.1) is 5.92 Å². The van der Waals surface area contributed by atoms with Crippen LogP contribution in [0.15, 0.2) is 0 Å². The van der Waals surface area contributed by atoms with Gasteiger partial charge in [0.05, 0.1) is 5.92 Å². The summed E-state index contributed by atoms with van der Waals surface area (Å²) in [5.74, 6) is -1.04. The number of rotatable bonds is 5. The maximum atomic E-state index is 12.3. The Labute approximate surface area is 93.8 Å². The van der Waals surface area contributed by atoms with E-state index in [1.807, 2.05) is 0 Å². The summed E-state index contributed by atoms with van der Waals surface area (Å²) in [6.45, 7) is 3.73. The van der Waals surface area contributed by atoms with Crippen LogP contribution in [0.4, 0.5) is 13.2 Å². The van der Waals surface area contributed by atoms with Gasteiger partial charge >= 0.3 is 6.18 Å². The van der Waals surface area contributed by atoms with Crippen molar-refractivity contribution in [3.05, 3.63) is 0 Å². The van der Waals surface area contributed by atoms with Gasteiger partial charge in [0.2, 0.25) is 5.91 Å². The Morgan fingerprint density at radius 2 is 1.88 bits per heavy atom. The number of carbonyl (C=O) groups is 1. The zero-order valence-electron chi connectivity index (χ0n) is 9.84. The third-order valence-electron chi connectivity index (χ3n) is 2.38. The second kappa shape index (κ2) is 6.08. The first-order valence-corrected chi connectivity index (χ1v) is 5.30. The van der Waals surface area contributed by atoms with Crippen LogP contribution in [-0.2, 0) is 4.79 Å². The molecule has 0 radical (unpaired) electrons. The van der Waals surface area contributed by atoms with Gasteiger partial charge in [-0.2, -0.15) is 13.2 Å². The SMILES string of the molecule is CCC(CN)C(=O)N(CC(F)(F)F)C(C)C.